The molecule has 0 unspecified atom stereocenters. The van der Waals surface area contributed by atoms with Gasteiger partial charge in [0.1, 0.15) is 4.90 Å². The average Bonchev–Trinajstić information content (AvgIpc) is 2.87. The molecule has 5 N–H and O–H groups in total. The zero-order valence-corrected chi connectivity index (χ0v) is 12.3. The van der Waals surface area contributed by atoms with Crippen molar-refractivity contribution >= 4 is 27.1 Å². The second-order valence-electron chi connectivity index (χ2n) is 5.26. The Morgan fingerprint density at radius 2 is 1.76 bits per heavy atom. The van der Waals surface area contributed by atoms with Gasteiger partial charge in [0.05, 0.1) is 5.69 Å². The molecule has 0 bridgehead atoms. The first-order valence-electron chi connectivity index (χ1n) is 6.75. The summed E-state index contributed by atoms with van der Waals surface area (Å²) in [5, 5.41) is 8.37. The van der Waals surface area contributed by atoms with Crippen LogP contribution in [0.5, 0.6) is 0 Å². The molecule has 0 heterocycles. The highest BCUT2D eigenvalue weighted by Gasteiger charge is 2.16. The van der Waals surface area contributed by atoms with Gasteiger partial charge in [0.15, 0.2) is 0 Å². The quantitative estimate of drug-likeness (QED) is 0.757. The zero-order chi connectivity index (χ0) is 15.0. The molecule has 2 aromatic rings. The normalized spacial score (nSPS) is 14.0. The van der Waals surface area contributed by atoms with Crippen LogP contribution in [0.15, 0.2) is 41.3 Å². The van der Waals surface area contributed by atoms with E-state index in [2.05, 4.69) is 17.4 Å². The lowest BCUT2D eigenvalue weighted by Crippen LogP contribution is -2.14. The lowest BCUT2D eigenvalue weighted by atomic mass is 10.1. The minimum atomic E-state index is -3.83. The summed E-state index contributed by atoms with van der Waals surface area (Å²) < 4.78 is 23.3. The number of sulfonamides is 1. The second kappa shape index (κ2) is 5.05. The van der Waals surface area contributed by atoms with E-state index < -0.39 is 10.0 Å². The fourth-order valence-corrected chi connectivity index (χ4v) is 3.41. The number of anilines is 3. The molecule has 0 spiro atoms. The number of nitrogen functional groups attached to an aromatic ring is 1. The van der Waals surface area contributed by atoms with Gasteiger partial charge < -0.3 is 11.1 Å². The first-order valence-corrected chi connectivity index (χ1v) is 8.29. The standard InChI is InChI=1S/C15H17N3O2S/c16-12-5-7-14(15(9-12)21(17,19)20)18-13-6-4-10-2-1-3-11(10)8-13/h4-9,18H,1-3,16H2,(H2,17,19,20). The van der Waals surface area contributed by atoms with Crippen LogP contribution in [-0.4, -0.2) is 8.42 Å². The van der Waals surface area contributed by atoms with Crippen molar-refractivity contribution in [2.45, 2.75) is 24.2 Å². The van der Waals surface area contributed by atoms with Gasteiger partial charge in [-0.05, 0) is 60.7 Å². The summed E-state index contributed by atoms with van der Waals surface area (Å²) >= 11 is 0. The molecule has 3 rings (SSSR count). The Labute approximate surface area is 124 Å². The highest BCUT2D eigenvalue weighted by atomic mass is 32.2. The molecule has 0 saturated heterocycles. The third-order valence-electron chi connectivity index (χ3n) is 3.69. The first kappa shape index (κ1) is 13.9. The van der Waals surface area contributed by atoms with Crippen molar-refractivity contribution in [3.8, 4) is 0 Å². The van der Waals surface area contributed by atoms with Crippen LogP contribution in [0.4, 0.5) is 17.1 Å². The van der Waals surface area contributed by atoms with Crippen molar-refractivity contribution in [2.24, 2.45) is 5.14 Å². The van der Waals surface area contributed by atoms with Crippen molar-refractivity contribution in [2.75, 3.05) is 11.1 Å². The fourth-order valence-electron chi connectivity index (χ4n) is 2.68. The number of fused-ring (bicyclic) bond motifs is 1. The van der Waals surface area contributed by atoms with Crippen LogP contribution in [0.3, 0.4) is 0 Å². The summed E-state index contributed by atoms with van der Waals surface area (Å²) in [6, 6.07) is 10.7. The van der Waals surface area contributed by atoms with E-state index in [9.17, 15) is 8.42 Å². The van der Waals surface area contributed by atoms with Gasteiger partial charge in [0.25, 0.3) is 0 Å². The predicted molar refractivity (Wildman–Crippen MR) is 84.0 cm³/mol. The number of hydrogen-bond acceptors (Lipinski definition) is 4. The van der Waals surface area contributed by atoms with Crippen molar-refractivity contribution < 1.29 is 8.42 Å². The maximum Gasteiger partial charge on any atom is 0.240 e. The van der Waals surface area contributed by atoms with Gasteiger partial charge in [-0.3, -0.25) is 0 Å². The summed E-state index contributed by atoms with van der Waals surface area (Å²) in [6.07, 6.45) is 3.34. The number of primary sulfonamides is 1. The predicted octanol–water partition coefficient (Wildman–Crippen LogP) is 2.15. The Morgan fingerprint density at radius 3 is 2.52 bits per heavy atom. The van der Waals surface area contributed by atoms with Crippen LogP contribution < -0.4 is 16.2 Å². The Balaban J connectivity index is 1.99. The lowest BCUT2D eigenvalue weighted by Gasteiger charge is -2.12. The van der Waals surface area contributed by atoms with E-state index >= 15 is 0 Å². The summed E-state index contributed by atoms with van der Waals surface area (Å²) in [4.78, 5) is 0.00278. The Hall–Kier alpha value is -2.05. The second-order valence-corrected chi connectivity index (χ2v) is 6.79. The molecule has 110 valence electrons. The van der Waals surface area contributed by atoms with Crippen molar-refractivity contribution in [1.29, 1.82) is 0 Å². The van der Waals surface area contributed by atoms with Crippen LogP contribution in [-0.2, 0) is 22.9 Å². The molecule has 0 amide bonds. The minimum absolute atomic E-state index is 0.00278. The van der Waals surface area contributed by atoms with Gasteiger partial charge in [0, 0.05) is 11.4 Å². The molecule has 0 radical (unpaired) electrons. The molecule has 0 aromatic heterocycles. The topological polar surface area (TPSA) is 98.2 Å². The summed E-state index contributed by atoms with van der Waals surface area (Å²) in [7, 11) is -3.83. The van der Waals surface area contributed by atoms with E-state index in [4.69, 9.17) is 10.9 Å². The van der Waals surface area contributed by atoms with Gasteiger partial charge in [-0.15, -0.1) is 0 Å². The molecular formula is C15H17N3O2S. The molecule has 0 fully saturated rings. The minimum Gasteiger partial charge on any atom is -0.399 e. The van der Waals surface area contributed by atoms with Crippen LogP contribution in [0.2, 0.25) is 0 Å². The van der Waals surface area contributed by atoms with Crippen molar-refractivity contribution in [1.82, 2.24) is 0 Å². The van der Waals surface area contributed by atoms with E-state index in [0.717, 1.165) is 18.5 Å². The summed E-state index contributed by atoms with van der Waals surface area (Å²) in [5.41, 5.74) is 9.97. The Bertz CT molecular complexity index is 801. The van der Waals surface area contributed by atoms with Gasteiger partial charge >= 0.3 is 0 Å². The monoisotopic (exact) mass is 303 g/mol. The lowest BCUT2D eigenvalue weighted by molar-refractivity contribution is 0.598. The highest BCUT2D eigenvalue weighted by Crippen LogP contribution is 2.29. The molecule has 5 nitrogen and oxygen atoms in total. The van der Waals surface area contributed by atoms with Crippen LogP contribution in [0, 0.1) is 0 Å². The molecular weight excluding hydrogens is 286 g/mol. The van der Waals surface area contributed by atoms with Crippen molar-refractivity contribution in [3.05, 3.63) is 47.5 Å². The van der Waals surface area contributed by atoms with E-state index in [0.29, 0.717) is 11.4 Å². The molecule has 21 heavy (non-hydrogen) atoms. The van der Waals surface area contributed by atoms with Crippen molar-refractivity contribution in [3.63, 3.8) is 0 Å². The first-order chi connectivity index (χ1) is 9.93. The Morgan fingerprint density at radius 1 is 1.00 bits per heavy atom. The molecule has 1 aliphatic rings. The van der Waals surface area contributed by atoms with Crippen LogP contribution in [0.1, 0.15) is 17.5 Å². The summed E-state index contributed by atoms with van der Waals surface area (Å²) in [5.74, 6) is 0. The number of nitrogens with one attached hydrogen (secondary N) is 1. The maximum atomic E-state index is 11.7. The fraction of sp³-hybridized carbons (Fsp3) is 0.200. The van der Waals surface area contributed by atoms with E-state index in [1.54, 1.807) is 12.1 Å². The molecule has 2 aromatic carbocycles. The van der Waals surface area contributed by atoms with Crippen LogP contribution in [0.25, 0.3) is 0 Å². The third-order valence-corrected chi connectivity index (χ3v) is 4.64. The zero-order valence-electron chi connectivity index (χ0n) is 11.5. The number of nitrogens with two attached hydrogens (primary N) is 2. The highest BCUT2D eigenvalue weighted by molar-refractivity contribution is 7.89. The Kier molecular flexibility index (Phi) is 3.35. The molecule has 0 atom stereocenters. The van der Waals surface area contributed by atoms with E-state index in [1.807, 2.05) is 6.07 Å². The largest absolute Gasteiger partial charge is 0.399 e. The molecule has 0 aliphatic heterocycles. The number of hydrogen-bond donors (Lipinski definition) is 3. The molecule has 0 saturated carbocycles. The third kappa shape index (κ3) is 2.86. The van der Waals surface area contributed by atoms with E-state index in [-0.39, 0.29) is 4.90 Å². The number of rotatable bonds is 3. The van der Waals surface area contributed by atoms with E-state index in [1.165, 1.54) is 23.6 Å². The van der Waals surface area contributed by atoms with Gasteiger partial charge in [-0.1, -0.05) is 6.07 Å². The maximum absolute atomic E-state index is 11.7. The smallest absolute Gasteiger partial charge is 0.240 e. The SMILES string of the molecule is Nc1ccc(Nc2ccc3c(c2)CCC3)c(S(N)(=O)=O)c1. The summed E-state index contributed by atoms with van der Waals surface area (Å²) in [6.45, 7) is 0. The van der Waals surface area contributed by atoms with Gasteiger partial charge in [-0.2, -0.15) is 0 Å². The van der Waals surface area contributed by atoms with Gasteiger partial charge in [0.2, 0.25) is 10.0 Å². The average molecular weight is 303 g/mol. The number of aryl methyl sites for hydroxylation is 2. The van der Waals surface area contributed by atoms with Crippen LogP contribution >= 0.6 is 0 Å². The molecule has 1 aliphatic carbocycles. The van der Waals surface area contributed by atoms with Gasteiger partial charge in [-0.25, -0.2) is 13.6 Å². The molecule has 6 heteroatoms. The number of benzene rings is 2.